The summed E-state index contributed by atoms with van der Waals surface area (Å²) in [7, 11) is -5.00. The van der Waals surface area contributed by atoms with Crippen LogP contribution < -0.4 is 29.6 Å². The molecule has 10 heteroatoms. The quantitative estimate of drug-likeness (QED) is 0.334. The maximum atomic E-state index is 11.9. The van der Waals surface area contributed by atoms with Crippen molar-refractivity contribution in [2.45, 2.75) is 6.04 Å². The minimum atomic E-state index is -5.00. The Hall–Kier alpha value is -0.970. The fourth-order valence-electron chi connectivity index (χ4n) is 2.35. The van der Waals surface area contributed by atoms with E-state index < -0.39 is 22.5 Å². The zero-order chi connectivity index (χ0) is 14.3. The Kier molecular flexibility index (Phi) is 4.71. The van der Waals surface area contributed by atoms with Crippen LogP contribution in [-0.2, 0) is 14.7 Å². The molecule has 0 saturated carbocycles. The van der Waals surface area contributed by atoms with Gasteiger partial charge in [0.25, 0.3) is 0 Å². The molecular weight excluding hydrogens is 309 g/mol. The third kappa shape index (κ3) is 3.28. The topological polar surface area (TPSA) is 103 Å². The van der Waals surface area contributed by atoms with Crippen molar-refractivity contribution in [3.63, 3.8) is 0 Å². The van der Waals surface area contributed by atoms with Crippen molar-refractivity contribution in [3.8, 4) is 0 Å². The van der Waals surface area contributed by atoms with Crippen molar-refractivity contribution >= 4 is 22.0 Å². The first-order valence-electron chi connectivity index (χ1n) is 5.81. The molecule has 0 aliphatic carbocycles. The SMILES string of the molecule is O=C1N2CC=C(c3ccccn3)C(C2)N1OS(=O)(=O)[O-].[Na+]. The Labute approximate surface area is 143 Å². The number of rotatable bonds is 3. The molecule has 1 unspecified atom stereocenters. The monoisotopic (exact) mass is 319 g/mol. The molecule has 0 N–H and O–H groups in total. The summed E-state index contributed by atoms with van der Waals surface area (Å²) < 4.78 is 36.5. The van der Waals surface area contributed by atoms with E-state index in [1.54, 1.807) is 30.5 Å². The number of hydroxylamine groups is 2. The average Bonchev–Trinajstić information content (AvgIpc) is 2.64. The van der Waals surface area contributed by atoms with Crippen molar-refractivity contribution in [3.05, 3.63) is 36.2 Å². The van der Waals surface area contributed by atoms with E-state index >= 15 is 0 Å². The maximum absolute atomic E-state index is 11.9. The standard InChI is InChI=1S/C11H11N3O5S.Na/c15-11-13-6-4-8(9-3-1-2-5-12-9)10(7-13)14(11)19-20(16,17)18;/h1-5,10H,6-7H2,(H,16,17,18);/q;+1/p-1. The van der Waals surface area contributed by atoms with Crippen molar-refractivity contribution in [2.75, 3.05) is 13.1 Å². The largest absolute Gasteiger partial charge is 1.00 e. The summed E-state index contributed by atoms with van der Waals surface area (Å²) in [5, 5.41) is 0.607. The van der Waals surface area contributed by atoms with Crippen LogP contribution in [0.2, 0.25) is 0 Å². The maximum Gasteiger partial charge on any atom is 1.00 e. The van der Waals surface area contributed by atoms with Crippen LogP contribution in [0.3, 0.4) is 0 Å². The van der Waals surface area contributed by atoms with Gasteiger partial charge in [0.1, 0.15) is 6.04 Å². The minimum Gasteiger partial charge on any atom is -0.724 e. The van der Waals surface area contributed by atoms with E-state index in [0.717, 1.165) is 0 Å². The van der Waals surface area contributed by atoms with E-state index in [-0.39, 0.29) is 36.1 Å². The average molecular weight is 319 g/mol. The van der Waals surface area contributed by atoms with Gasteiger partial charge in [0.2, 0.25) is 10.4 Å². The van der Waals surface area contributed by atoms with Crippen LogP contribution in [0, 0.1) is 0 Å². The summed E-state index contributed by atoms with van der Waals surface area (Å²) in [5.74, 6) is 0. The van der Waals surface area contributed by atoms with E-state index in [1.165, 1.54) is 4.90 Å². The second-order valence-electron chi connectivity index (χ2n) is 4.39. The molecule has 1 aromatic heterocycles. The van der Waals surface area contributed by atoms with Gasteiger partial charge in [0.15, 0.2) is 0 Å². The van der Waals surface area contributed by atoms with Gasteiger partial charge < -0.3 is 9.45 Å². The van der Waals surface area contributed by atoms with Crippen LogP contribution in [-0.4, -0.2) is 53.1 Å². The van der Waals surface area contributed by atoms with E-state index in [1.807, 2.05) is 0 Å². The first-order chi connectivity index (χ1) is 9.46. The molecule has 2 amide bonds. The Morgan fingerprint density at radius 3 is 2.76 bits per heavy atom. The molecule has 2 bridgehead atoms. The molecule has 2 aliphatic rings. The molecule has 0 spiro atoms. The van der Waals surface area contributed by atoms with Crippen LogP contribution >= 0.6 is 0 Å². The fourth-order valence-corrected chi connectivity index (χ4v) is 2.71. The summed E-state index contributed by atoms with van der Waals surface area (Å²) in [5.41, 5.74) is 1.28. The molecule has 1 fully saturated rings. The van der Waals surface area contributed by atoms with Crippen LogP contribution in [0.25, 0.3) is 5.57 Å². The first-order valence-corrected chi connectivity index (χ1v) is 7.14. The molecule has 1 saturated heterocycles. The number of carbonyl (C=O) groups excluding carboxylic acids is 1. The van der Waals surface area contributed by atoms with Crippen molar-refractivity contribution in [1.82, 2.24) is 14.9 Å². The van der Waals surface area contributed by atoms with Gasteiger partial charge in [-0.25, -0.2) is 13.2 Å². The number of aromatic nitrogens is 1. The van der Waals surface area contributed by atoms with Gasteiger partial charge in [-0.05, 0) is 12.1 Å². The summed E-state index contributed by atoms with van der Waals surface area (Å²) in [6, 6.07) is 3.97. The Bertz CT molecular complexity index is 678. The number of fused-ring (bicyclic) bond motifs is 2. The van der Waals surface area contributed by atoms with E-state index in [4.69, 9.17) is 0 Å². The summed E-state index contributed by atoms with van der Waals surface area (Å²) in [6.07, 6.45) is 3.37. The molecule has 106 valence electrons. The van der Waals surface area contributed by atoms with Crippen LogP contribution in [0.5, 0.6) is 0 Å². The van der Waals surface area contributed by atoms with Gasteiger partial charge in [-0.15, -0.1) is 0 Å². The number of urea groups is 1. The third-order valence-corrected chi connectivity index (χ3v) is 3.50. The minimum absolute atomic E-state index is 0. The smallest absolute Gasteiger partial charge is 0.724 e. The van der Waals surface area contributed by atoms with Gasteiger partial charge in [-0.1, -0.05) is 12.1 Å². The molecule has 0 aromatic carbocycles. The second kappa shape index (κ2) is 6.03. The van der Waals surface area contributed by atoms with Crippen LogP contribution in [0.4, 0.5) is 4.79 Å². The predicted molar refractivity (Wildman–Crippen MR) is 65.6 cm³/mol. The van der Waals surface area contributed by atoms with E-state index in [9.17, 15) is 17.8 Å². The van der Waals surface area contributed by atoms with Crippen molar-refractivity contribution < 1.29 is 51.6 Å². The molecule has 1 aromatic rings. The zero-order valence-corrected chi connectivity index (χ0v) is 14.0. The summed E-state index contributed by atoms with van der Waals surface area (Å²) >= 11 is 0. The van der Waals surface area contributed by atoms with E-state index in [0.29, 0.717) is 22.9 Å². The van der Waals surface area contributed by atoms with Crippen LogP contribution in [0.15, 0.2) is 30.5 Å². The fraction of sp³-hybridized carbons (Fsp3) is 0.273. The third-order valence-electron chi connectivity index (χ3n) is 3.16. The van der Waals surface area contributed by atoms with Gasteiger partial charge in [-0.2, -0.15) is 9.35 Å². The van der Waals surface area contributed by atoms with Gasteiger partial charge in [0.05, 0.1) is 12.2 Å². The van der Waals surface area contributed by atoms with Crippen LogP contribution in [0.1, 0.15) is 5.69 Å². The number of nitrogens with zero attached hydrogens (tertiary/aromatic N) is 3. The first kappa shape index (κ1) is 16.4. The Balaban J connectivity index is 0.00000161. The van der Waals surface area contributed by atoms with Gasteiger partial charge >= 0.3 is 35.6 Å². The van der Waals surface area contributed by atoms with Gasteiger partial charge in [0, 0.05) is 18.3 Å². The molecule has 3 rings (SSSR count). The second-order valence-corrected chi connectivity index (χ2v) is 5.35. The number of amides is 2. The van der Waals surface area contributed by atoms with Gasteiger partial charge in [-0.3, -0.25) is 4.98 Å². The molecule has 0 radical (unpaired) electrons. The number of hydrogen-bond donors (Lipinski definition) is 0. The molecule has 21 heavy (non-hydrogen) atoms. The van der Waals surface area contributed by atoms with Crippen molar-refractivity contribution in [1.29, 1.82) is 0 Å². The predicted octanol–water partition coefficient (Wildman–Crippen LogP) is -3.02. The Morgan fingerprint density at radius 2 is 2.14 bits per heavy atom. The zero-order valence-electron chi connectivity index (χ0n) is 11.2. The molecule has 2 aliphatic heterocycles. The molecule has 3 heterocycles. The normalized spacial score (nSPS) is 21.1. The number of pyridine rings is 1. The van der Waals surface area contributed by atoms with Crippen molar-refractivity contribution in [2.24, 2.45) is 0 Å². The molecule has 1 atom stereocenters. The summed E-state index contributed by atoms with van der Waals surface area (Å²) in [4.78, 5) is 17.5. The molecular formula is C11H10N3NaO5S. The van der Waals surface area contributed by atoms with E-state index in [2.05, 4.69) is 9.27 Å². The number of hydrogen-bond acceptors (Lipinski definition) is 6. The molecule has 8 nitrogen and oxygen atoms in total. The Morgan fingerprint density at radius 1 is 1.38 bits per heavy atom. The number of carbonyl (C=O) groups is 1. The summed E-state index contributed by atoms with van der Waals surface area (Å²) in [6.45, 7) is 0.580.